The molecule has 1 N–H and O–H groups in total. The van der Waals surface area contributed by atoms with Crippen LogP contribution in [0.25, 0.3) is 11.0 Å². The quantitative estimate of drug-likeness (QED) is 0.519. The topological polar surface area (TPSA) is 47.0 Å². The van der Waals surface area contributed by atoms with Gasteiger partial charge in [0.25, 0.3) is 0 Å². The van der Waals surface area contributed by atoms with Gasteiger partial charge in [0.2, 0.25) is 0 Å². The fourth-order valence-electron chi connectivity index (χ4n) is 2.33. The molecule has 0 fully saturated rings. The molecule has 2 aromatic carbocycles. The lowest BCUT2D eigenvalue weighted by Crippen LogP contribution is -2.08. The number of nitrogens with zero attached hydrogens (tertiary/aromatic N) is 2. The molecule has 1 aromatic heterocycles. The Morgan fingerprint density at radius 3 is 2.27 bits per heavy atom. The molecule has 0 atom stereocenters. The summed E-state index contributed by atoms with van der Waals surface area (Å²) < 4.78 is 44.0. The minimum Gasteiger partial charge on any atom is -0.453 e. The molecule has 2 heterocycles. The van der Waals surface area contributed by atoms with Gasteiger partial charge in [0.15, 0.2) is 11.5 Å². The highest BCUT2D eigenvalue weighted by atomic mass is 19.4. The molecule has 0 radical (unpaired) electrons. The fraction of sp³-hybridized carbons (Fsp3) is 0.0667. The van der Waals surface area contributed by atoms with Crippen molar-refractivity contribution in [1.29, 1.82) is 0 Å². The van der Waals surface area contributed by atoms with E-state index < -0.39 is 11.7 Å². The Morgan fingerprint density at radius 2 is 1.55 bits per heavy atom. The summed E-state index contributed by atoms with van der Waals surface area (Å²) in [4.78, 5) is 8.34. The highest BCUT2D eigenvalue weighted by molar-refractivity contribution is 5.87. The molecule has 0 amide bonds. The first-order valence-corrected chi connectivity index (χ1v) is 6.41. The molecule has 4 rings (SSSR count). The van der Waals surface area contributed by atoms with Crippen molar-refractivity contribution in [1.82, 2.24) is 9.97 Å². The van der Waals surface area contributed by atoms with Gasteiger partial charge < -0.3 is 10.1 Å². The molecular formula is C15H8F3N3O. The van der Waals surface area contributed by atoms with E-state index in [1.807, 2.05) is 0 Å². The number of benzene rings is 2. The maximum atomic E-state index is 12.8. The molecule has 3 aromatic rings. The molecule has 0 saturated carbocycles. The Hall–Kier alpha value is -2.83. The number of alkyl halides is 3. The lowest BCUT2D eigenvalue weighted by Gasteiger charge is -2.23. The summed E-state index contributed by atoms with van der Waals surface area (Å²) in [6.45, 7) is 0. The zero-order valence-electron chi connectivity index (χ0n) is 11.0. The van der Waals surface area contributed by atoms with Crippen molar-refractivity contribution in [2.75, 3.05) is 5.32 Å². The predicted octanol–water partition coefficient (Wildman–Crippen LogP) is 4.50. The Labute approximate surface area is 122 Å². The van der Waals surface area contributed by atoms with Gasteiger partial charge in [0.1, 0.15) is 0 Å². The number of nitrogens with one attached hydrogen (secondary N) is 1. The first kappa shape index (κ1) is 12.9. The highest BCUT2D eigenvalue weighted by Crippen LogP contribution is 2.45. The normalized spacial score (nSPS) is 13.0. The van der Waals surface area contributed by atoms with E-state index in [4.69, 9.17) is 4.74 Å². The third kappa shape index (κ3) is 2.02. The van der Waals surface area contributed by atoms with Crippen LogP contribution in [0.1, 0.15) is 5.56 Å². The van der Waals surface area contributed by atoms with Gasteiger partial charge in [-0.05, 0) is 24.3 Å². The predicted molar refractivity (Wildman–Crippen MR) is 74.3 cm³/mol. The third-order valence-corrected chi connectivity index (χ3v) is 3.37. The maximum Gasteiger partial charge on any atom is 0.416 e. The van der Waals surface area contributed by atoms with Crippen molar-refractivity contribution in [3.63, 3.8) is 0 Å². The first-order valence-electron chi connectivity index (χ1n) is 6.41. The summed E-state index contributed by atoms with van der Waals surface area (Å²) in [5.41, 5.74) is 1.38. The van der Waals surface area contributed by atoms with E-state index in [0.29, 0.717) is 28.2 Å². The van der Waals surface area contributed by atoms with Gasteiger partial charge in [-0.3, -0.25) is 9.97 Å². The van der Waals surface area contributed by atoms with Crippen LogP contribution < -0.4 is 10.1 Å². The summed E-state index contributed by atoms with van der Waals surface area (Å²) in [5, 5.41) is 2.95. The van der Waals surface area contributed by atoms with Gasteiger partial charge in [-0.25, -0.2) is 0 Å². The van der Waals surface area contributed by atoms with Crippen LogP contribution in [0.2, 0.25) is 0 Å². The van der Waals surface area contributed by atoms with Crippen molar-refractivity contribution < 1.29 is 17.9 Å². The molecule has 1 aliphatic rings. The van der Waals surface area contributed by atoms with Crippen LogP contribution in [-0.2, 0) is 6.18 Å². The van der Waals surface area contributed by atoms with Crippen molar-refractivity contribution in [3.8, 4) is 11.5 Å². The third-order valence-electron chi connectivity index (χ3n) is 3.37. The molecule has 0 spiro atoms. The minimum atomic E-state index is -4.40. The van der Waals surface area contributed by atoms with E-state index in [9.17, 15) is 13.2 Å². The van der Waals surface area contributed by atoms with E-state index in [1.54, 1.807) is 24.5 Å². The first-order chi connectivity index (χ1) is 10.5. The van der Waals surface area contributed by atoms with Crippen molar-refractivity contribution in [2.45, 2.75) is 6.18 Å². The van der Waals surface area contributed by atoms with Gasteiger partial charge in [-0.15, -0.1) is 0 Å². The molecule has 7 heteroatoms. The number of fused-ring (bicyclic) bond motifs is 3. The second-order valence-electron chi connectivity index (χ2n) is 4.83. The molecular weight excluding hydrogens is 295 g/mol. The molecule has 0 bridgehead atoms. The number of hydrogen-bond donors (Lipinski definition) is 1. The smallest absolute Gasteiger partial charge is 0.416 e. The number of halogens is 3. The van der Waals surface area contributed by atoms with Gasteiger partial charge in [-0.1, -0.05) is 0 Å². The van der Waals surface area contributed by atoms with Crippen LogP contribution in [0.5, 0.6) is 11.5 Å². The summed E-state index contributed by atoms with van der Waals surface area (Å²) in [7, 11) is 0. The van der Waals surface area contributed by atoms with Crippen molar-refractivity contribution in [2.24, 2.45) is 0 Å². The Kier molecular flexibility index (Phi) is 2.53. The van der Waals surface area contributed by atoms with Crippen LogP contribution in [0.3, 0.4) is 0 Å². The molecule has 1 aliphatic heterocycles. The van der Waals surface area contributed by atoms with Gasteiger partial charge in [0.05, 0.1) is 28.0 Å². The summed E-state index contributed by atoms with van der Waals surface area (Å²) in [5.74, 6) is 0.837. The van der Waals surface area contributed by atoms with Gasteiger partial charge in [-0.2, -0.15) is 13.2 Å². The summed E-state index contributed by atoms with van der Waals surface area (Å²) in [6.07, 6.45) is -1.28. The zero-order chi connectivity index (χ0) is 15.3. The molecule has 110 valence electrons. The van der Waals surface area contributed by atoms with Crippen LogP contribution >= 0.6 is 0 Å². The number of rotatable bonds is 0. The molecule has 0 aliphatic carbocycles. The molecule has 0 saturated heterocycles. The largest absolute Gasteiger partial charge is 0.453 e. The molecule has 0 unspecified atom stereocenters. The Balaban J connectivity index is 1.81. The summed E-state index contributed by atoms with van der Waals surface area (Å²) >= 11 is 0. The second kappa shape index (κ2) is 4.33. The SMILES string of the molecule is FC(F)(F)c1ccc2c(c1)Nc1cc3nccnc3cc1O2. The lowest BCUT2D eigenvalue weighted by molar-refractivity contribution is -0.137. The van der Waals surface area contributed by atoms with Crippen LogP contribution in [0.15, 0.2) is 42.7 Å². The minimum absolute atomic E-state index is 0.269. The van der Waals surface area contributed by atoms with E-state index in [-0.39, 0.29) is 5.69 Å². The number of ether oxygens (including phenoxy) is 1. The van der Waals surface area contributed by atoms with E-state index in [0.717, 1.165) is 12.1 Å². The Morgan fingerprint density at radius 1 is 0.864 bits per heavy atom. The van der Waals surface area contributed by atoms with Crippen LogP contribution in [0.4, 0.5) is 24.5 Å². The van der Waals surface area contributed by atoms with Crippen molar-refractivity contribution in [3.05, 3.63) is 48.3 Å². The van der Waals surface area contributed by atoms with E-state index in [1.165, 1.54) is 6.07 Å². The Bertz CT molecular complexity index is 893. The number of aromatic nitrogens is 2. The number of anilines is 2. The zero-order valence-corrected chi connectivity index (χ0v) is 11.0. The summed E-state index contributed by atoms with van der Waals surface area (Å²) in [6, 6.07) is 6.71. The highest BCUT2D eigenvalue weighted by Gasteiger charge is 2.32. The monoisotopic (exact) mass is 303 g/mol. The number of hydrogen-bond acceptors (Lipinski definition) is 4. The lowest BCUT2D eigenvalue weighted by atomic mass is 10.1. The maximum absolute atomic E-state index is 12.8. The molecule has 22 heavy (non-hydrogen) atoms. The van der Waals surface area contributed by atoms with Gasteiger partial charge in [0, 0.05) is 18.5 Å². The van der Waals surface area contributed by atoms with Crippen LogP contribution in [-0.4, -0.2) is 9.97 Å². The standard InChI is InChI=1S/C15H8F3N3O/c16-15(17,18)8-1-2-13-11(5-8)21-12-6-9-10(7-14(12)22-13)20-4-3-19-9/h1-7,21H. The molecule has 4 nitrogen and oxygen atoms in total. The van der Waals surface area contributed by atoms with Crippen molar-refractivity contribution >= 4 is 22.4 Å². The van der Waals surface area contributed by atoms with Gasteiger partial charge >= 0.3 is 6.18 Å². The second-order valence-corrected chi connectivity index (χ2v) is 4.83. The fourth-order valence-corrected chi connectivity index (χ4v) is 2.33. The van der Waals surface area contributed by atoms with E-state index in [2.05, 4.69) is 15.3 Å². The average molecular weight is 303 g/mol. The average Bonchev–Trinajstić information content (AvgIpc) is 2.49. The van der Waals surface area contributed by atoms with E-state index >= 15 is 0 Å². The van der Waals surface area contributed by atoms with Crippen LogP contribution in [0, 0.1) is 0 Å².